The Kier molecular flexibility index (Phi) is 2.96. The summed E-state index contributed by atoms with van der Waals surface area (Å²) in [4.78, 5) is 39.7. The second-order valence-corrected chi connectivity index (χ2v) is 5.13. The van der Waals surface area contributed by atoms with E-state index in [2.05, 4.69) is 4.98 Å². The lowest BCUT2D eigenvalue weighted by Crippen LogP contribution is -2.34. The van der Waals surface area contributed by atoms with Crippen LogP contribution in [-0.2, 0) is 4.79 Å². The van der Waals surface area contributed by atoms with Crippen LogP contribution in [0.1, 0.15) is 0 Å². The standard InChI is InChI=1S/C12H12N4O5/c17-11-9-6-14(12(18)19)4-7(9)5-15(11)8-1-2-10(13-3-8)16(20)21/h1-3,7,9H,4-6H2,(H,18,19)/t7-,9-/m1/s1. The summed E-state index contributed by atoms with van der Waals surface area (Å²) >= 11 is 0. The van der Waals surface area contributed by atoms with Gasteiger partial charge in [0.05, 0.1) is 11.6 Å². The van der Waals surface area contributed by atoms with Crippen LogP contribution >= 0.6 is 0 Å². The third kappa shape index (κ3) is 2.16. The smallest absolute Gasteiger partial charge is 0.407 e. The lowest BCUT2D eigenvalue weighted by molar-refractivity contribution is -0.389. The van der Waals surface area contributed by atoms with E-state index < -0.39 is 11.0 Å². The van der Waals surface area contributed by atoms with Gasteiger partial charge in [-0.3, -0.25) is 4.79 Å². The molecule has 1 N–H and O–H groups in total. The van der Waals surface area contributed by atoms with Crippen LogP contribution in [-0.4, -0.2) is 51.5 Å². The van der Waals surface area contributed by atoms with Gasteiger partial charge >= 0.3 is 11.9 Å². The number of aromatic nitrogens is 1. The van der Waals surface area contributed by atoms with Crippen molar-refractivity contribution in [1.29, 1.82) is 0 Å². The number of anilines is 1. The first-order valence-corrected chi connectivity index (χ1v) is 6.37. The maximum absolute atomic E-state index is 12.3. The molecule has 2 aliphatic heterocycles. The van der Waals surface area contributed by atoms with Crippen LogP contribution in [0, 0.1) is 22.0 Å². The van der Waals surface area contributed by atoms with E-state index in [0.717, 1.165) is 0 Å². The van der Waals surface area contributed by atoms with Crippen LogP contribution in [0.5, 0.6) is 0 Å². The van der Waals surface area contributed by atoms with Crippen molar-refractivity contribution in [2.45, 2.75) is 0 Å². The molecule has 0 spiro atoms. The van der Waals surface area contributed by atoms with Crippen molar-refractivity contribution in [3.05, 3.63) is 28.4 Å². The summed E-state index contributed by atoms with van der Waals surface area (Å²) in [6.45, 7) is 0.950. The number of likely N-dealkylation sites (tertiary alicyclic amines) is 1. The highest BCUT2D eigenvalue weighted by Gasteiger charge is 2.48. The number of nitro groups is 1. The highest BCUT2D eigenvalue weighted by Crippen LogP contribution is 2.35. The van der Waals surface area contributed by atoms with Gasteiger partial charge in [0.2, 0.25) is 5.91 Å². The fraction of sp³-hybridized carbons (Fsp3) is 0.417. The van der Waals surface area contributed by atoms with Crippen molar-refractivity contribution < 1.29 is 19.6 Å². The molecule has 9 nitrogen and oxygen atoms in total. The van der Waals surface area contributed by atoms with E-state index in [-0.39, 0.29) is 30.1 Å². The van der Waals surface area contributed by atoms with Gasteiger partial charge in [0, 0.05) is 31.6 Å². The van der Waals surface area contributed by atoms with Gasteiger partial charge in [0.25, 0.3) is 0 Å². The molecule has 2 aliphatic rings. The molecule has 3 heterocycles. The van der Waals surface area contributed by atoms with Crippen LogP contribution in [0.15, 0.2) is 18.3 Å². The summed E-state index contributed by atoms with van der Waals surface area (Å²) in [5.74, 6) is -0.804. The summed E-state index contributed by atoms with van der Waals surface area (Å²) in [7, 11) is 0. The molecule has 2 fully saturated rings. The Morgan fingerprint density at radius 3 is 2.67 bits per heavy atom. The number of carbonyl (C=O) groups excluding carboxylic acids is 1. The predicted molar refractivity (Wildman–Crippen MR) is 69.8 cm³/mol. The highest BCUT2D eigenvalue weighted by molar-refractivity contribution is 5.98. The first-order chi connectivity index (χ1) is 9.97. The van der Waals surface area contributed by atoms with Gasteiger partial charge in [-0.1, -0.05) is 0 Å². The van der Waals surface area contributed by atoms with E-state index in [1.165, 1.54) is 28.1 Å². The Morgan fingerprint density at radius 2 is 2.14 bits per heavy atom. The molecule has 2 amide bonds. The zero-order valence-electron chi connectivity index (χ0n) is 10.9. The van der Waals surface area contributed by atoms with Crippen molar-refractivity contribution in [3.8, 4) is 0 Å². The first kappa shape index (κ1) is 13.3. The van der Waals surface area contributed by atoms with Gasteiger partial charge in [-0.15, -0.1) is 0 Å². The van der Waals surface area contributed by atoms with Crippen molar-refractivity contribution in [3.63, 3.8) is 0 Å². The second kappa shape index (κ2) is 4.69. The summed E-state index contributed by atoms with van der Waals surface area (Å²) in [6.07, 6.45) is 0.284. The molecule has 21 heavy (non-hydrogen) atoms. The molecular formula is C12H12N4O5. The van der Waals surface area contributed by atoms with Crippen LogP contribution in [0.25, 0.3) is 0 Å². The maximum atomic E-state index is 12.3. The van der Waals surface area contributed by atoms with Crippen molar-refractivity contribution in [2.24, 2.45) is 11.8 Å². The highest BCUT2D eigenvalue weighted by atomic mass is 16.6. The minimum absolute atomic E-state index is 0.0382. The second-order valence-electron chi connectivity index (χ2n) is 5.13. The lowest BCUT2D eigenvalue weighted by Gasteiger charge is -2.19. The van der Waals surface area contributed by atoms with Gasteiger partial charge in [-0.2, -0.15) is 0 Å². The number of carbonyl (C=O) groups is 2. The Bertz CT molecular complexity index is 617. The normalized spacial score (nSPS) is 24.3. The van der Waals surface area contributed by atoms with Gasteiger partial charge in [0.1, 0.15) is 0 Å². The number of hydrogen-bond acceptors (Lipinski definition) is 5. The maximum Gasteiger partial charge on any atom is 0.407 e. The third-order valence-corrected chi connectivity index (χ3v) is 3.94. The minimum Gasteiger partial charge on any atom is -0.465 e. The summed E-state index contributed by atoms with van der Waals surface area (Å²) in [6, 6.07) is 2.74. The monoisotopic (exact) mass is 292 g/mol. The number of pyridine rings is 1. The molecule has 0 aromatic carbocycles. The quantitative estimate of drug-likeness (QED) is 0.628. The molecule has 9 heteroatoms. The number of fused-ring (bicyclic) bond motifs is 1. The molecule has 1 aromatic rings. The summed E-state index contributed by atoms with van der Waals surface area (Å²) in [5.41, 5.74) is 0.502. The van der Waals surface area contributed by atoms with Gasteiger partial charge in [0.15, 0.2) is 6.20 Å². The van der Waals surface area contributed by atoms with E-state index in [0.29, 0.717) is 18.8 Å². The molecule has 2 saturated heterocycles. The largest absolute Gasteiger partial charge is 0.465 e. The van der Waals surface area contributed by atoms with Crippen LogP contribution < -0.4 is 4.90 Å². The van der Waals surface area contributed by atoms with E-state index in [1.54, 1.807) is 0 Å². The minimum atomic E-state index is -1.01. The number of amides is 2. The molecule has 0 bridgehead atoms. The molecular weight excluding hydrogens is 280 g/mol. The Morgan fingerprint density at radius 1 is 1.38 bits per heavy atom. The van der Waals surface area contributed by atoms with Crippen LogP contribution in [0.2, 0.25) is 0 Å². The average molecular weight is 292 g/mol. The predicted octanol–water partition coefficient (Wildman–Crippen LogP) is 0.562. The number of nitrogens with zero attached hydrogens (tertiary/aromatic N) is 4. The summed E-state index contributed by atoms with van der Waals surface area (Å²) < 4.78 is 0. The first-order valence-electron chi connectivity index (χ1n) is 6.37. The van der Waals surface area contributed by atoms with E-state index in [4.69, 9.17) is 5.11 Å². The van der Waals surface area contributed by atoms with Crippen molar-refractivity contribution >= 4 is 23.5 Å². The van der Waals surface area contributed by atoms with Crippen molar-refractivity contribution in [2.75, 3.05) is 24.5 Å². The molecule has 3 rings (SSSR count). The Hall–Kier alpha value is -2.71. The molecule has 0 saturated carbocycles. The number of hydrogen-bond donors (Lipinski definition) is 1. The Labute approximate surface area is 118 Å². The SMILES string of the molecule is O=C(O)N1C[C@@H]2CN(c3ccc([N+](=O)[O-])nc3)C(=O)[C@@H]2C1. The molecule has 0 unspecified atom stereocenters. The van der Waals surface area contributed by atoms with Crippen LogP contribution in [0.4, 0.5) is 16.3 Å². The molecule has 2 atom stereocenters. The molecule has 0 aliphatic carbocycles. The lowest BCUT2D eigenvalue weighted by atomic mass is 10.0. The van der Waals surface area contributed by atoms with E-state index in [1.807, 2.05) is 0 Å². The number of carboxylic acid groups (broad SMARTS) is 1. The average Bonchev–Trinajstić information content (AvgIpc) is 2.99. The fourth-order valence-electron chi connectivity index (χ4n) is 2.90. The van der Waals surface area contributed by atoms with Gasteiger partial charge in [-0.05, 0) is 16.0 Å². The molecule has 1 aromatic heterocycles. The van der Waals surface area contributed by atoms with E-state index >= 15 is 0 Å². The van der Waals surface area contributed by atoms with Crippen LogP contribution in [0.3, 0.4) is 0 Å². The van der Waals surface area contributed by atoms with E-state index in [9.17, 15) is 19.7 Å². The number of rotatable bonds is 2. The van der Waals surface area contributed by atoms with Crippen molar-refractivity contribution in [1.82, 2.24) is 9.88 Å². The zero-order chi connectivity index (χ0) is 15.1. The topological polar surface area (TPSA) is 117 Å². The molecule has 110 valence electrons. The summed E-state index contributed by atoms with van der Waals surface area (Å²) in [5, 5.41) is 19.5. The van der Waals surface area contributed by atoms with Gasteiger partial charge < -0.3 is 25.0 Å². The Balaban J connectivity index is 1.76. The zero-order valence-corrected chi connectivity index (χ0v) is 10.9. The van der Waals surface area contributed by atoms with Gasteiger partial charge in [-0.25, -0.2) is 4.79 Å². The molecule has 0 radical (unpaired) electrons. The fourth-order valence-corrected chi connectivity index (χ4v) is 2.90. The third-order valence-electron chi connectivity index (χ3n) is 3.94.